The lowest BCUT2D eigenvalue weighted by Gasteiger charge is -2.13. The van der Waals surface area contributed by atoms with Crippen molar-refractivity contribution in [2.75, 3.05) is 10.2 Å². The second kappa shape index (κ2) is 8.22. The van der Waals surface area contributed by atoms with Crippen molar-refractivity contribution in [2.45, 2.75) is 18.1 Å². The number of carbonyl (C=O) groups is 4. The number of hydrogen-bond acceptors (Lipinski definition) is 5. The molecule has 0 bridgehead atoms. The predicted octanol–water partition coefficient (Wildman–Crippen LogP) is 3.05. The number of imide groups is 1. The standard InChI is InChI=1S/C19H15FN2O5S/c20-12-3-7-14(8-4-12)22-18(26)15(28-19(22)27)10-16(23)21-13-5-1-11(2-6-13)9-17(24)25/h1-8,15H,9-10H2,(H,21,23)(H,24,25). The van der Waals surface area contributed by atoms with Crippen molar-refractivity contribution in [3.05, 3.63) is 59.9 Å². The van der Waals surface area contributed by atoms with E-state index < -0.39 is 34.1 Å². The van der Waals surface area contributed by atoms with E-state index in [0.717, 1.165) is 28.8 Å². The van der Waals surface area contributed by atoms with Gasteiger partial charge < -0.3 is 10.4 Å². The first-order chi connectivity index (χ1) is 13.3. The van der Waals surface area contributed by atoms with Crippen LogP contribution in [-0.2, 0) is 20.8 Å². The van der Waals surface area contributed by atoms with Gasteiger partial charge in [0.15, 0.2) is 0 Å². The number of halogens is 1. The average Bonchev–Trinajstić information content (AvgIpc) is 2.90. The molecular weight excluding hydrogens is 387 g/mol. The van der Waals surface area contributed by atoms with Crippen LogP contribution in [0, 0.1) is 5.82 Å². The molecule has 0 aromatic heterocycles. The number of hydrogen-bond donors (Lipinski definition) is 2. The number of nitrogens with zero attached hydrogens (tertiary/aromatic N) is 1. The molecule has 0 radical (unpaired) electrons. The summed E-state index contributed by atoms with van der Waals surface area (Å²) in [5, 5.41) is 9.97. The number of carboxylic acid groups (broad SMARTS) is 1. The number of benzene rings is 2. The van der Waals surface area contributed by atoms with Gasteiger partial charge in [0.05, 0.1) is 12.1 Å². The van der Waals surface area contributed by atoms with E-state index in [1.807, 2.05) is 0 Å². The van der Waals surface area contributed by atoms with E-state index in [9.17, 15) is 23.6 Å². The number of carboxylic acids is 1. The number of amides is 3. The molecular formula is C19H15FN2O5S. The van der Waals surface area contributed by atoms with Gasteiger partial charge in [0.25, 0.3) is 5.24 Å². The molecule has 9 heteroatoms. The van der Waals surface area contributed by atoms with Gasteiger partial charge in [-0.15, -0.1) is 0 Å². The van der Waals surface area contributed by atoms with E-state index in [4.69, 9.17) is 5.11 Å². The van der Waals surface area contributed by atoms with Gasteiger partial charge in [0, 0.05) is 12.1 Å². The van der Waals surface area contributed by atoms with E-state index in [0.29, 0.717) is 11.3 Å². The molecule has 1 aliphatic heterocycles. The summed E-state index contributed by atoms with van der Waals surface area (Å²) in [6.07, 6.45) is -0.327. The predicted molar refractivity (Wildman–Crippen MR) is 102 cm³/mol. The van der Waals surface area contributed by atoms with Crippen LogP contribution in [0.2, 0.25) is 0 Å². The third kappa shape index (κ3) is 4.55. The highest BCUT2D eigenvalue weighted by Crippen LogP contribution is 2.33. The molecule has 3 rings (SSSR count). The van der Waals surface area contributed by atoms with Crippen molar-refractivity contribution in [3.63, 3.8) is 0 Å². The molecule has 3 amide bonds. The molecule has 1 aliphatic rings. The fourth-order valence-electron chi connectivity index (χ4n) is 2.67. The Morgan fingerprint density at radius 2 is 1.71 bits per heavy atom. The molecule has 1 atom stereocenters. The van der Waals surface area contributed by atoms with Gasteiger partial charge in [-0.2, -0.15) is 0 Å². The summed E-state index contributed by atoms with van der Waals surface area (Å²) < 4.78 is 13.0. The highest BCUT2D eigenvalue weighted by Gasteiger charge is 2.41. The third-order valence-corrected chi connectivity index (χ3v) is 5.01. The lowest BCUT2D eigenvalue weighted by molar-refractivity contribution is -0.136. The zero-order valence-corrected chi connectivity index (χ0v) is 15.2. The molecule has 1 saturated heterocycles. The number of carbonyl (C=O) groups excluding carboxylic acids is 3. The van der Waals surface area contributed by atoms with E-state index in [1.54, 1.807) is 24.3 Å². The maximum absolute atomic E-state index is 13.0. The molecule has 2 aromatic carbocycles. The lowest BCUT2D eigenvalue weighted by Crippen LogP contribution is -2.32. The Bertz CT molecular complexity index is 930. The van der Waals surface area contributed by atoms with Crippen LogP contribution < -0.4 is 10.2 Å². The van der Waals surface area contributed by atoms with E-state index in [1.165, 1.54) is 12.1 Å². The van der Waals surface area contributed by atoms with Crippen LogP contribution in [0.15, 0.2) is 48.5 Å². The molecule has 1 fully saturated rings. The Morgan fingerprint density at radius 1 is 1.07 bits per heavy atom. The van der Waals surface area contributed by atoms with E-state index in [-0.39, 0.29) is 18.5 Å². The fourth-order valence-corrected chi connectivity index (χ4v) is 3.66. The zero-order chi connectivity index (χ0) is 20.3. The first-order valence-corrected chi connectivity index (χ1v) is 9.12. The van der Waals surface area contributed by atoms with Crippen molar-refractivity contribution in [1.29, 1.82) is 0 Å². The molecule has 1 unspecified atom stereocenters. The largest absolute Gasteiger partial charge is 0.481 e. The maximum Gasteiger partial charge on any atom is 0.307 e. The molecule has 1 heterocycles. The molecule has 2 aromatic rings. The summed E-state index contributed by atoms with van der Waals surface area (Å²) in [5.41, 5.74) is 1.30. The summed E-state index contributed by atoms with van der Waals surface area (Å²) in [6.45, 7) is 0. The van der Waals surface area contributed by atoms with Gasteiger partial charge >= 0.3 is 5.97 Å². The summed E-state index contributed by atoms with van der Waals surface area (Å²) >= 11 is 0.747. The zero-order valence-electron chi connectivity index (χ0n) is 14.4. The molecule has 144 valence electrons. The van der Waals surface area contributed by atoms with E-state index in [2.05, 4.69) is 5.32 Å². The Labute approximate surface area is 163 Å². The highest BCUT2D eigenvalue weighted by molar-refractivity contribution is 8.15. The smallest absolute Gasteiger partial charge is 0.307 e. The number of anilines is 2. The molecule has 7 nitrogen and oxygen atoms in total. The number of rotatable bonds is 6. The molecule has 0 saturated carbocycles. The van der Waals surface area contributed by atoms with Crippen molar-refractivity contribution in [1.82, 2.24) is 0 Å². The van der Waals surface area contributed by atoms with Crippen molar-refractivity contribution >= 4 is 46.2 Å². The molecule has 0 aliphatic carbocycles. The van der Waals surface area contributed by atoms with Gasteiger partial charge in [0.2, 0.25) is 11.8 Å². The minimum atomic E-state index is -0.955. The Morgan fingerprint density at radius 3 is 2.32 bits per heavy atom. The normalized spacial score (nSPS) is 16.3. The Balaban J connectivity index is 1.61. The van der Waals surface area contributed by atoms with Gasteiger partial charge in [-0.25, -0.2) is 9.29 Å². The summed E-state index contributed by atoms with van der Waals surface area (Å²) in [5.74, 6) is -2.43. The van der Waals surface area contributed by atoms with Crippen LogP contribution in [0.1, 0.15) is 12.0 Å². The van der Waals surface area contributed by atoms with Gasteiger partial charge in [-0.05, 0) is 53.7 Å². The monoisotopic (exact) mass is 402 g/mol. The molecule has 2 N–H and O–H groups in total. The minimum absolute atomic E-state index is 0.122. The van der Waals surface area contributed by atoms with Crippen molar-refractivity contribution < 1.29 is 28.7 Å². The highest BCUT2D eigenvalue weighted by atomic mass is 32.2. The number of nitrogens with one attached hydrogen (secondary N) is 1. The molecule has 0 spiro atoms. The first-order valence-electron chi connectivity index (χ1n) is 8.24. The maximum atomic E-state index is 13.0. The van der Waals surface area contributed by atoms with Gasteiger partial charge in [-0.3, -0.25) is 19.2 Å². The third-order valence-electron chi connectivity index (χ3n) is 3.97. The van der Waals surface area contributed by atoms with Crippen LogP contribution in [0.4, 0.5) is 20.6 Å². The summed E-state index contributed by atoms with van der Waals surface area (Å²) in [4.78, 5) is 48.5. The SMILES string of the molecule is O=C(O)Cc1ccc(NC(=O)CC2SC(=O)N(c3ccc(F)cc3)C2=O)cc1. The first kappa shape index (κ1) is 19.6. The van der Waals surface area contributed by atoms with Crippen molar-refractivity contribution in [2.24, 2.45) is 0 Å². The Kier molecular flexibility index (Phi) is 5.74. The van der Waals surface area contributed by atoms with Crippen LogP contribution in [-0.4, -0.2) is 33.4 Å². The second-order valence-electron chi connectivity index (χ2n) is 6.04. The topological polar surface area (TPSA) is 104 Å². The van der Waals surface area contributed by atoms with Crippen LogP contribution in [0.25, 0.3) is 0 Å². The lowest BCUT2D eigenvalue weighted by atomic mass is 10.1. The number of thioether (sulfide) groups is 1. The second-order valence-corrected chi connectivity index (χ2v) is 7.20. The summed E-state index contributed by atoms with van der Waals surface area (Å²) in [6, 6.07) is 11.2. The summed E-state index contributed by atoms with van der Waals surface area (Å²) in [7, 11) is 0. The van der Waals surface area contributed by atoms with E-state index >= 15 is 0 Å². The Hall–Kier alpha value is -3.20. The van der Waals surface area contributed by atoms with Crippen LogP contribution in [0.5, 0.6) is 0 Å². The van der Waals surface area contributed by atoms with Crippen LogP contribution in [0.3, 0.4) is 0 Å². The van der Waals surface area contributed by atoms with Gasteiger partial charge in [-0.1, -0.05) is 12.1 Å². The van der Waals surface area contributed by atoms with Crippen molar-refractivity contribution in [3.8, 4) is 0 Å². The quantitative estimate of drug-likeness (QED) is 0.770. The van der Waals surface area contributed by atoms with Crippen LogP contribution >= 0.6 is 11.8 Å². The average molecular weight is 402 g/mol. The number of aliphatic carboxylic acids is 1. The molecule has 28 heavy (non-hydrogen) atoms. The fraction of sp³-hybridized carbons (Fsp3) is 0.158. The van der Waals surface area contributed by atoms with Gasteiger partial charge in [0.1, 0.15) is 11.1 Å². The minimum Gasteiger partial charge on any atom is -0.481 e.